The summed E-state index contributed by atoms with van der Waals surface area (Å²) in [6.07, 6.45) is 4.32. The van der Waals surface area contributed by atoms with Gasteiger partial charge in [0.1, 0.15) is 0 Å². The lowest BCUT2D eigenvalue weighted by Gasteiger charge is -2.41. The highest BCUT2D eigenvalue weighted by Gasteiger charge is 2.31. The standard InChI is InChI=1S/C16H24N2O/c1-2-6-14(7-3-1)13-18-10-5-4-8-15(18)16-12-17-9-11-19-16/h1-3,6-7,15-17H,4-5,8-13H2. The Morgan fingerprint density at radius 3 is 2.89 bits per heavy atom. The fourth-order valence-corrected chi connectivity index (χ4v) is 3.28. The van der Waals surface area contributed by atoms with Crippen LogP contribution in [0.5, 0.6) is 0 Å². The number of likely N-dealkylation sites (tertiary alicyclic amines) is 1. The minimum absolute atomic E-state index is 0.373. The molecule has 2 unspecified atom stereocenters. The molecule has 2 aliphatic rings. The summed E-state index contributed by atoms with van der Waals surface area (Å²) in [5, 5.41) is 3.46. The van der Waals surface area contributed by atoms with Gasteiger partial charge in [-0.1, -0.05) is 36.8 Å². The van der Waals surface area contributed by atoms with Crippen molar-refractivity contribution in [3.63, 3.8) is 0 Å². The molecule has 1 aromatic carbocycles. The zero-order valence-electron chi connectivity index (χ0n) is 11.6. The van der Waals surface area contributed by atoms with Gasteiger partial charge in [0, 0.05) is 25.7 Å². The quantitative estimate of drug-likeness (QED) is 0.900. The molecule has 0 radical (unpaired) electrons. The van der Waals surface area contributed by atoms with E-state index in [0.717, 1.165) is 26.2 Å². The number of hydrogen-bond donors (Lipinski definition) is 1. The molecular formula is C16H24N2O. The van der Waals surface area contributed by atoms with Crippen molar-refractivity contribution >= 4 is 0 Å². The highest BCUT2D eigenvalue weighted by Crippen LogP contribution is 2.24. The second kappa shape index (κ2) is 6.51. The molecule has 3 heteroatoms. The number of morpholine rings is 1. The third kappa shape index (κ3) is 3.35. The maximum absolute atomic E-state index is 5.98. The molecule has 0 amide bonds. The first-order valence-electron chi connectivity index (χ1n) is 7.54. The van der Waals surface area contributed by atoms with Crippen LogP contribution in [0.1, 0.15) is 24.8 Å². The first kappa shape index (κ1) is 13.1. The highest BCUT2D eigenvalue weighted by atomic mass is 16.5. The van der Waals surface area contributed by atoms with Crippen LogP contribution >= 0.6 is 0 Å². The largest absolute Gasteiger partial charge is 0.374 e. The zero-order chi connectivity index (χ0) is 12.9. The van der Waals surface area contributed by atoms with Crippen molar-refractivity contribution in [2.75, 3.05) is 26.2 Å². The second-order valence-corrected chi connectivity index (χ2v) is 5.63. The maximum Gasteiger partial charge on any atom is 0.0855 e. The van der Waals surface area contributed by atoms with E-state index in [9.17, 15) is 0 Å². The van der Waals surface area contributed by atoms with E-state index in [0.29, 0.717) is 12.1 Å². The number of hydrogen-bond acceptors (Lipinski definition) is 3. The summed E-state index contributed by atoms with van der Waals surface area (Å²) in [7, 11) is 0. The number of piperidine rings is 1. The number of ether oxygens (including phenoxy) is 1. The Kier molecular flexibility index (Phi) is 4.49. The van der Waals surface area contributed by atoms with Crippen molar-refractivity contribution in [1.82, 2.24) is 10.2 Å². The molecule has 2 aliphatic heterocycles. The van der Waals surface area contributed by atoms with E-state index >= 15 is 0 Å². The topological polar surface area (TPSA) is 24.5 Å². The molecule has 0 bridgehead atoms. The highest BCUT2D eigenvalue weighted by molar-refractivity contribution is 5.14. The molecule has 1 aromatic rings. The van der Waals surface area contributed by atoms with Crippen LogP contribution in [0.4, 0.5) is 0 Å². The SMILES string of the molecule is c1ccc(CN2CCCCC2C2CNCCO2)cc1. The molecule has 19 heavy (non-hydrogen) atoms. The van der Waals surface area contributed by atoms with Gasteiger partial charge >= 0.3 is 0 Å². The average molecular weight is 260 g/mol. The summed E-state index contributed by atoms with van der Waals surface area (Å²) in [5.74, 6) is 0. The van der Waals surface area contributed by atoms with Crippen LogP contribution in [0, 0.1) is 0 Å². The van der Waals surface area contributed by atoms with Gasteiger partial charge in [-0.2, -0.15) is 0 Å². The fourth-order valence-electron chi connectivity index (χ4n) is 3.28. The van der Waals surface area contributed by atoms with Gasteiger partial charge in [-0.05, 0) is 24.9 Å². The first-order chi connectivity index (χ1) is 9.43. The molecule has 0 saturated carbocycles. The Labute approximate surface area is 115 Å². The summed E-state index contributed by atoms with van der Waals surface area (Å²) in [6, 6.07) is 11.4. The molecule has 2 heterocycles. The van der Waals surface area contributed by atoms with Crippen LogP contribution in [0.2, 0.25) is 0 Å². The van der Waals surface area contributed by atoms with E-state index in [2.05, 4.69) is 40.5 Å². The van der Waals surface area contributed by atoms with Crippen LogP contribution < -0.4 is 5.32 Å². The van der Waals surface area contributed by atoms with E-state index in [1.54, 1.807) is 0 Å². The van der Waals surface area contributed by atoms with E-state index in [4.69, 9.17) is 4.74 Å². The van der Waals surface area contributed by atoms with Gasteiger partial charge in [0.2, 0.25) is 0 Å². The van der Waals surface area contributed by atoms with Gasteiger partial charge < -0.3 is 10.1 Å². The summed E-state index contributed by atoms with van der Waals surface area (Å²) >= 11 is 0. The second-order valence-electron chi connectivity index (χ2n) is 5.63. The lowest BCUT2D eigenvalue weighted by atomic mass is 9.96. The molecule has 0 aliphatic carbocycles. The molecule has 1 N–H and O–H groups in total. The lowest BCUT2D eigenvalue weighted by Crippen LogP contribution is -2.53. The van der Waals surface area contributed by atoms with Crippen molar-refractivity contribution in [2.24, 2.45) is 0 Å². The molecule has 104 valence electrons. The van der Waals surface area contributed by atoms with Gasteiger partial charge in [-0.15, -0.1) is 0 Å². The van der Waals surface area contributed by atoms with Crippen LogP contribution in [0.15, 0.2) is 30.3 Å². The molecule has 0 spiro atoms. The van der Waals surface area contributed by atoms with Crippen molar-refractivity contribution in [1.29, 1.82) is 0 Å². The van der Waals surface area contributed by atoms with E-state index in [-0.39, 0.29) is 0 Å². The smallest absolute Gasteiger partial charge is 0.0855 e. The molecular weight excluding hydrogens is 236 g/mol. The predicted octanol–water partition coefficient (Wildman–Crippen LogP) is 2.03. The summed E-state index contributed by atoms with van der Waals surface area (Å²) < 4.78 is 5.98. The Morgan fingerprint density at radius 1 is 1.21 bits per heavy atom. The van der Waals surface area contributed by atoms with Gasteiger partial charge in [0.15, 0.2) is 0 Å². The number of nitrogens with one attached hydrogen (secondary N) is 1. The van der Waals surface area contributed by atoms with Crippen molar-refractivity contribution in [3.05, 3.63) is 35.9 Å². The van der Waals surface area contributed by atoms with E-state index < -0.39 is 0 Å². The maximum atomic E-state index is 5.98. The van der Waals surface area contributed by atoms with Gasteiger partial charge in [0.25, 0.3) is 0 Å². The summed E-state index contributed by atoms with van der Waals surface area (Å²) in [6.45, 7) is 5.14. The Hall–Kier alpha value is -0.900. The molecule has 3 rings (SSSR count). The normalized spacial score (nSPS) is 29.3. The molecule has 2 saturated heterocycles. The van der Waals surface area contributed by atoms with Crippen LogP contribution in [0.25, 0.3) is 0 Å². The van der Waals surface area contributed by atoms with Gasteiger partial charge in [0.05, 0.1) is 12.7 Å². The van der Waals surface area contributed by atoms with Crippen molar-refractivity contribution < 1.29 is 4.74 Å². The number of rotatable bonds is 3. The molecule has 2 atom stereocenters. The molecule has 0 aromatic heterocycles. The van der Waals surface area contributed by atoms with Gasteiger partial charge in [-0.3, -0.25) is 4.90 Å². The Morgan fingerprint density at radius 2 is 2.11 bits per heavy atom. The predicted molar refractivity (Wildman–Crippen MR) is 77.1 cm³/mol. The van der Waals surface area contributed by atoms with Crippen LogP contribution in [0.3, 0.4) is 0 Å². The fraction of sp³-hybridized carbons (Fsp3) is 0.625. The van der Waals surface area contributed by atoms with E-state index in [1.807, 2.05) is 0 Å². The third-order valence-corrected chi connectivity index (χ3v) is 4.28. The van der Waals surface area contributed by atoms with Crippen molar-refractivity contribution in [3.8, 4) is 0 Å². The lowest BCUT2D eigenvalue weighted by molar-refractivity contribution is -0.0459. The summed E-state index contributed by atoms with van der Waals surface area (Å²) in [5.41, 5.74) is 1.41. The van der Waals surface area contributed by atoms with E-state index in [1.165, 1.54) is 31.4 Å². The van der Waals surface area contributed by atoms with Crippen LogP contribution in [-0.4, -0.2) is 43.3 Å². The molecule has 2 fully saturated rings. The monoisotopic (exact) mass is 260 g/mol. The number of benzene rings is 1. The third-order valence-electron chi connectivity index (χ3n) is 4.28. The summed E-state index contributed by atoms with van der Waals surface area (Å²) in [4.78, 5) is 2.62. The van der Waals surface area contributed by atoms with Gasteiger partial charge in [-0.25, -0.2) is 0 Å². The molecule has 3 nitrogen and oxygen atoms in total. The Bertz CT molecular complexity index is 376. The Balaban J connectivity index is 1.66. The average Bonchev–Trinajstić information content (AvgIpc) is 2.50. The zero-order valence-corrected chi connectivity index (χ0v) is 11.6. The minimum Gasteiger partial charge on any atom is -0.374 e. The minimum atomic E-state index is 0.373. The first-order valence-corrected chi connectivity index (χ1v) is 7.54. The van der Waals surface area contributed by atoms with Crippen molar-refractivity contribution in [2.45, 2.75) is 38.0 Å². The number of nitrogens with zero attached hydrogens (tertiary/aromatic N) is 1. The van der Waals surface area contributed by atoms with Crippen LogP contribution in [-0.2, 0) is 11.3 Å².